The zero-order chi connectivity index (χ0) is 13.3. The van der Waals surface area contributed by atoms with E-state index in [9.17, 15) is 4.79 Å². The molecule has 94 valence electrons. The molecule has 0 aliphatic carbocycles. The predicted molar refractivity (Wildman–Crippen MR) is 78.7 cm³/mol. The van der Waals surface area contributed by atoms with Gasteiger partial charge >= 0.3 is 0 Å². The van der Waals surface area contributed by atoms with Crippen LogP contribution in [0.4, 0.5) is 5.69 Å². The molecule has 0 fully saturated rings. The minimum Gasteiger partial charge on any atom is -0.397 e. The Morgan fingerprint density at radius 1 is 1.44 bits per heavy atom. The lowest BCUT2D eigenvalue weighted by Gasteiger charge is -2.12. The van der Waals surface area contributed by atoms with Crippen molar-refractivity contribution in [1.29, 1.82) is 0 Å². The first kappa shape index (κ1) is 12.9. The molecule has 0 saturated carbocycles. The quantitative estimate of drug-likeness (QED) is 0.659. The van der Waals surface area contributed by atoms with E-state index in [2.05, 4.69) is 27.7 Å². The molecule has 0 aliphatic heterocycles. The second kappa shape index (κ2) is 4.97. The maximum atomic E-state index is 11.8. The van der Waals surface area contributed by atoms with Crippen molar-refractivity contribution in [1.82, 2.24) is 14.7 Å². The van der Waals surface area contributed by atoms with Crippen molar-refractivity contribution < 1.29 is 4.79 Å². The Labute approximate surface area is 119 Å². The molecular formula is C12H13IN4O. The van der Waals surface area contributed by atoms with Crippen molar-refractivity contribution in [3.8, 4) is 5.69 Å². The van der Waals surface area contributed by atoms with Gasteiger partial charge in [-0.1, -0.05) is 0 Å². The molecule has 1 amide bonds. The zero-order valence-corrected chi connectivity index (χ0v) is 12.2. The van der Waals surface area contributed by atoms with Gasteiger partial charge in [0.2, 0.25) is 0 Å². The molecule has 0 radical (unpaired) electrons. The molecule has 0 unspecified atom stereocenters. The lowest BCUT2D eigenvalue weighted by Crippen LogP contribution is -2.21. The summed E-state index contributed by atoms with van der Waals surface area (Å²) in [6, 6.07) is 5.23. The molecule has 0 atom stereocenters. The van der Waals surface area contributed by atoms with Crippen LogP contribution in [-0.2, 0) is 0 Å². The van der Waals surface area contributed by atoms with Crippen molar-refractivity contribution in [2.75, 3.05) is 19.8 Å². The number of carbonyl (C=O) groups excluding carboxylic acids is 1. The highest BCUT2D eigenvalue weighted by Gasteiger charge is 2.11. The smallest absolute Gasteiger partial charge is 0.253 e. The molecule has 1 aromatic carbocycles. The average molecular weight is 356 g/mol. The number of nitrogen functional groups attached to an aromatic ring is 1. The van der Waals surface area contributed by atoms with Gasteiger partial charge in [-0.25, -0.2) is 4.68 Å². The van der Waals surface area contributed by atoms with Gasteiger partial charge in [0.1, 0.15) is 0 Å². The van der Waals surface area contributed by atoms with Crippen LogP contribution in [0.1, 0.15) is 10.4 Å². The number of hydrogen-bond donors (Lipinski definition) is 1. The third kappa shape index (κ3) is 2.47. The highest BCUT2D eigenvalue weighted by molar-refractivity contribution is 14.1. The van der Waals surface area contributed by atoms with Crippen LogP contribution in [-0.4, -0.2) is 34.7 Å². The number of rotatable bonds is 2. The molecular weight excluding hydrogens is 343 g/mol. The first-order valence-corrected chi connectivity index (χ1v) is 6.38. The number of anilines is 1. The van der Waals surface area contributed by atoms with Gasteiger partial charge in [0.15, 0.2) is 0 Å². The predicted octanol–water partition coefficient (Wildman–Crippen LogP) is 1.76. The van der Waals surface area contributed by atoms with Crippen LogP contribution in [0.15, 0.2) is 30.6 Å². The molecule has 18 heavy (non-hydrogen) atoms. The molecule has 6 heteroatoms. The monoisotopic (exact) mass is 356 g/mol. The van der Waals surface area contributed by atoms with E-state index in [1.54, 1.807) is 43.2 Å². The number of hydrogen-bond acceptors (Lipinski definition) is 3. The third-order valence-electron chi connectivity index (χ3n) is 2.48. The number of benzene rings is 1. The van der Waals surface area contributed by atoms with Gasteiger partial charge in [0.05, 0.1) is 21.1 Å². The molecule has 1 heterocycles. The Bertz CT molecular complexity index is 592. The van der Waals surface area contributed by atoms with Gasteiger partial charge < -0.3 is 10.6 Å². The van der Waals surface area contributed by atoms with E-state index in [-0.39, 0.29) is 5.91 Å². The summed E-state index contributed by atoms with van der Waals surface area (Å²) >= 11 is 2.18. The molecule has 2 aromatic rings. The Hall–Kier alpha value is -1.57. The van der Waals surface area contributed by atoms with Gasteiger partial charge in [0.25, 0.3) is 5.91 Å². The van der Waals surface area contributed by atoms with Crippen LogP contribution in [0, 0.1) is 3.57 Å². The number of halogens is 1. The van der Waals surface area contributed by atoms with Crippen LogP contribution >= 0.6 is 22.6 Å². The van der Waals surface area contributed by atoms with Gasteiger partial charge in [-0.3, -0.25) is 4.79 Å². The summed E-state index contributed by atoms with van der Waals surface area (Å²) in [6.07, 6.45) is 3.62. The van der Waals surface area contributed by atoms with Crippen molar-refractivity contribution >= 4 is 34.2 Å². The topological polar surface area (TPSA) is 64.2 Å². The van der Waals surface area contributed by atoms with Crippen molar-refractivity contribution in [2.45, 2.75) is 0 Å². The number of amides is 1. The molecule has 2 N–H and O–H groups in total. The van der Waals surface area contributed by atoms with Crippen molar-refractivity contribution in [2.24, 2.45) is 0 Å². The van der Waals surface area contributed by atoms with E-state index >= 15 is 0 Å². The largest absolute Gasteiger partial charge is 0.397 e. The molecule has 1 aromatic heterocycles. The van der Waals surface area contributed by atoms with Crippen LogP contribution in [0.3, 0.4) is 0 Å². The first-order chi connectivity index (χ1) is 8.49. The molecule has 0 bridgehead atoms. The second-order valence-electron chi connectivity index (χ2n) is 4.08. The number of aromatic nitrogens is 2. The minimum absolute atomic E-state index is 0.0664. The van der Waals surface area contributed by atoms with Crippen molar-refractivity contribution in [3.05, 3.63) is 39.7 Å². The van der Waals surface area contributed by atoms with Gasteiger partial charge in [-0.15, -0.1) is 0 Å². The number of nitrogens with zero attached hydrogens (tertiary/aromatic N) is 3. The van der Waals surface area contributed by atoms with E-state index in [1.165, 1.54) is 4.90 Å². The molecule has 0 saturated heterocycles. The van der Waals surface area contributed by atoms with E-state index in [1.807, 2.05) is 6.20 Å². The second-order valence-corrected chi connectivity index (χ2v) is 5.32. The highest BCUT2D eigenvalue weighted by Crippen LogP contribution is 2.19. The minimum atomic E-state index is -0.0664. The molecule has 5 nitrogen and oxygen atoms in total. The lowest BCUT2D eigenvalue weighted by molar-refractivity contribution is 0.0827. The fourth-order valence-corrected chi connectivity index (χ4v) is 1.98. The maximum Gasteiger partial charge on any atom is 0.253 e. The normalized spacial score (nSPS) is 10.4. The highest BCUT2D eigenvalue weighted by atomic mass is 127. The van der Waals surface area contributed by atoms with Gasteiger partial charge in [-0.05, 0) is 40.8 Å². The van der Waals surface area contributed by atoms with Crippen molar-refractivity contribution in [3.63, 3.8) is 0 Å². The summed E-state index contributed by atoms with van der Waals surface area (Å²) in [5, 5.41) is 4.19. The van der Waals surface area contributed by atoms with Crippen LogP contribution in [0.2, 0.25) is 0 Å². The summed E-state index contributed by atoms with van der Waals surface area (Å²) in [6.45, 7) is 0. The average Bonchev–Trinajstić information content (AvgIpc) is 2.74. The Morgan fingerprint density at radius 3 is 2.67 bits per heavy atom. The molecule has 0 aliphatic rings. The number of carbonyl (C=O) groups is 1. The summed E-state index contributed by atoms with van der Waals surface area (Å²) in [5.41, 5.74) is 7.84. The first-order valence-electron chi connectivity index (χ1n) is 5.31. The Balaban J connectivity index is 2.39. The molecule has 2 rings (SSSR count). The van der Waals surface area contributed by atoms with E-state index in [4.69, 9.17) is 5.73 Å². The fraction of sp³-hybridized carbons (Fsp3) is 0.167. The molecule has 0 spiro atoms. The van der Waals surface area contributed by atoms with Gasteiger partial charge in [-0.2, -0.15) is 5.10 Å². The summed E-state index contributed by atoms with van der Waals surface area (Å²) in [4.78, 5) is 13.3. The van der Waals surface area contributed by atoms with E-state index < -0.39 is 0 Å². The van der Waals surface area contributed by atoms with Gasteiger partial charge in [0, 0.05) is 25.9 Å². The lowest BCUT2D eigenvalue weighted by atomic mass is 10.1. The Morgan fingerprint density at radius 2 is 2.17 bits per heavy atom. The SMILES string of the molecule is CN(C)C(=O)c1ccc(-n2cc(I)cn2)c(N)c1. The zero-order valence-electron chi connectivity index (χ0n) is 10.1. The Kier molecular flexibility index (Phi) is 3.55. The fourth-order valence-electron chi connectivity index (χ4n) is 1.59. The van der Waals surface area contributed by atoms with Crippen LogP contribution in [0.5, 0.6) is 0 Å². The van der Waals surface area contributed by atoms with E-state index in [0.29, 0.717) is 11.3 Å². The summed E-state index contributed by atoms with van der Waals surface area (Å²) < 4.78 is 2.72. The van der Waals surface area contributed by atoms with E-state index in [0.717, 1.165) is 9.26 Å². The number of nitrogens with two attached hydrogens (primary N) is 1. The third-order valence-corrected chi connectivity index (χ3v) is 3.04. The summed E-state index contributed by atoms with van der Waals surface area (Å²) in [7, 11) is 3.42. The standard InChI is InChI=1S/C12H13IN4O/c1-16(2)12(18)8-3-4-11(10(14)5-8)17-7-9(13)6-15-17/h3-7H,14H2,1-2H3. The van der Waals surface area contributed by atoms with Crippen LogP contribution < -0.4 is 5.73 Å². The summed E-state index contributed by atoms with van der Waals surface area (Å²) in [5.74, 6) is -0.0664. The maximum absolute atomic E-state index is 11.8. The van der Waals surface area contributed by atoms with Crippen LogP contribution in [0.25, 0.3) is 5.69 Å².